The van der Waals surface area contributed by atoms with Crippen molar-refractivity contribution in [1.82, 2.24) is 10.0 Å². The molecular weight excluding hydrogens is 343 g/mol. The van der Waals surface area contributed by atoms with E-state index in [2.05, 4.69) is 10.0 Å². The van der Waals surface area contributed by atoms with E-state index in [1.165, 1.54) is 24.3 Å². The van der Waals surface area contributed by atoms with Crippen molar-refractivity contribution in [2.45, 2.75) is 31.3 Å². The summed E-state index contributed by atoms with van der Waals surface area (Å²) >= 11 is 0. The predicted octanol–water partition coefficient (Wildman–Crippen LogP) is 2.45. The maximum Gasteiger partial charge on any atom is 0.241 e. The largest absolute Gasteiger partial charge is 0.351 e. The van der Waals surface area contributed by atoms with Gasteiger partial charge in [-0.2, -0.15) is 4.72 Å². The zero-order valence-corrected chi connectivity index (χ0v) is 14.9. The van der Waals surface area contributed by atoms with Gasteiger partial charge in [0.25, 0.3) is 0 Å². The van der Waals surface area contributed by atoms with Gasteiger partial charge in [0.1, 0.15) is 11.9 Å². The maximum atomic E-state index is 12.9. The van der Waals surface area contributed by atoms with Crippen LogP contribution in [0.2, 0.25) is 0 Å². The Morgan fingerprint density at radius 2 is 1.64 bits per heavy atom. The highest BCUT2D eigenvalue weighted by Crippen LogP contribution is 2.12. The Morgan fingerprint density at radius 3 is 2.20 bits per heavy atom. The average Bonchev–Trinajstić information content (AvgIpc) is 2.59. The summed E-state index contributed by atoms with van der Waals surface area (Å²) in [5, 5.41) is 2.69. The Balaban J connectivity index is 2.06. The fourth-order valence-electron chi connectivity index (χ4n) is 2.23. The molecule has 25 heavy (non-hydrogen) atoms. The second kappa shape index (κ2) is 8.22. The molecule has 0 aliphatic heterocycles. The van der Waals surface area contributed by atoms with Crippen molar-refractivity contribution < 1.29 is 17.6 Å². The SMILES string of the molecule is CC(C)C(NS(=O)(=O)c1ccccc1)C(=O)NCc1ccc(F)cc1. The average molecular weight is 364 g/mol. The highest BCUT2D eigenvalue weighted by Gasteiger charge is 2.28. The molecule has 2 aromatic rings. The zero-order valence-electron chi connectivity index (χ0n) is 14.1. The molecule has 0 aromatic heterocycles. The third kappa shape index (κ3) is 5.37. The number of nitrogens with one attached hydrogen (secondary N) is 2. The number of hydrogen-bond acceptors (Lipinski definition) is 3. The summed E-state index contributed by atoms with van der Waals surface area (Å²) in [6, 6.07) is 12.7. The van der Waals surface area contributed by atoms with Crippen LogP contribution in [-0.2, 0) is 21.4 Å². The molecule has 0 bridgehead atoms. The summed E-state index contributed by atoms with van der Waals surface area (Å²) in [6.45, 7) is 3.71. The first-order valence-electron chi connectivity index (χ1n) is 7.89. The molecular formula is C18H21FN2O3S. The molecule has 0 spiro atoms. The van der Waals surface area contributed by atoms with Crippen LogP contribution in [0.4, 0.5) is 4.39 Å². The molecule has 0 saturated heterocycles. The molecule has 0 aliphatic rings. The molecule has 1 atom stereocenters. The lowest BCUT2D eigenvalue weighted by Gasteiger charge is -2.21. The summed E-state index contributed by atoms with van der Waals surface area (Å²) in [7, 11) is -3.80. The molecule has 0 aliphatic carbocycles. The summed E-state index contributed by atoms with van der Waals surface area (Å²) in [5.74, 6) is -1.03. The first-order valence-corrected chi connectivity index (χ1v) is 9.37. The zero-order chi connectivity index (χ0) is 18.4. The van der Waals surface area contributed by atoms with Crippen molar-refractivity contribution in [1.29, 1.82) is 0 Å². The lowest BCUT2D eigenvalue weighted by molar-refractivity contribution is -0.123. The lowest BCUT2D eigenvalue weighted by Crippen LogP contribution is -2.49. The van der Waals surface area contributed by atoms with Crippen LogP contribution in [0.5, 0.6) is 0 Å². The molecule has 0 radical (unpaired) electrons. The van der Waals surface area contributed by atoms with Gasteiger partial charge in [0.15, 0.2) is 0 Å². The Kier molecular flexibility index (Phi) is 6.27. The minimum Gasteiger partial charge on any atom is -0.351 e. The summed E-state index contributed by atoms with van der Waals surface area (Å²) in [4.78, 5) is 12.5. The summed E-state index contributed by atoms with van der Waals surface area (Å²) in [6.07, 6.45) is 0. The molecule has 7 heteroatoms. The van der Waals surface area contributed by atoms with Crippen LogP contribution >= 0.6 is 0 Å². The Bertz CT molecular complexity index is 806. The molecule has 0 saturated carbocycles. The number of carbonyl (C=O) groups excluding carboxylic acids is 1. The third-order valence-corrected chi connectivity index (χ3v) is 5.12. The van der Waals surface area contributed by atoms with E-state index in [0.29, 0.717) is 0 Å². The van der Waals surface area contributed by atoms with Crippen LogP contribution in [0.15, 0.2) is 59.5 Å². The molecule has 134 valence electrons. The van der Waals surface area contributed by atoms with Crippen molar-refractivity contribution in [3.05, 3.63) is 66.0 Å². The van der Waals surface area contributed by atoms with Gasteiger partial charge >= 0.3 is 0 Å². The topological polar surface area (TPSA) is 75.3 Å². The molecule has 1 unspecified atom stereocenters. The lowest BCUT2D eigenvalue weighted by atomic mass is 10.0. The molecule has 2 rings (SSSR count). The van der Waals surface area contributed by atoms with E-state index >= 15 is 0 Å². The van der Waals surface area contributed by atoms with Gasteiger partial charge in [0.05, 0.1) is 4.90 Å². The highest BCUT2D eigenvalue weighted by atomic mass is 32.2. The van der Waals surface area contributed by atoms with Crippen molar-refractivity contribution >= 4 is 15.9 Å². The maximum absolute atomic E-state index is 12.9. The summed E-state index contributed by atoms with van der Waals surface area (Å²) in [5.41, 5.74) is 0.725. The molecule has 0 fully saturated rings. The first-order chi connectivity index (χ1) is 11.8. The number of amides is 1. The Morgan fingerprint density at radius 1 is 1.04 bits per heavy atom. The van der Waals surface area contributed by atoms with Crippen LogP contribution < -0.4 is 10.0 Å². The van der Waals surface area contributed by atoms with Gasteiger partial charge < -0.3 is 5.32 Å². The quantitative estimate of drug-likeness (QED) is 0.792. The van der Waals surface area contributed by atoms with Crippen molar-refractivity contribution in [3.63, 3.8) is 0 Å². The van der Waals surface area contributed by atoms with Crippen molar-refractivity contribution in [3.8, 4) is 0 Å². The van der Waals surface area contributed by atoms with E-state index in [1.54, 1.807) is 44.2 Å². The van der Waals surface area contributed by atoms with E-state index in [9.17, 15) is 17.6 Å². The van der Waals surface area contributed by atoms with Crippen LogP contribution in [0.25, 0.3) is 0 Å². The third-order valence-electron chi connectivity index (χ3n) is 3.66. The van der Waals surface area contributed by atoms with Gasteiger partial charge in [-0.25, -0.2) is 12.8 Å². The minimum atomic E-state index is -3.80. The monoisotopic (exact) mass is 364 g/mol. The number of sulfonamides is 1. The highest BCUT2D eigenvalue weighted by molar-refractivity contribution is 7.89. The van der Waals surface area contributed by atoms with Gasteiger partial charge in [-0.05, 0) is 35.7 Å². The molecule has 2 aromatic carbocycles. The van der Waals surface area contributed by atoms with E-state index in [4.69, 9.17) is 0 Å². The molecule has 0 heterocycles. The van der Waals surface area contributed by atoms with Gasteiger partial charge in [-0.3, -0.25) is 4.79 Å². The number of benzene rings is 2. The predicted molar refractivity (Wildman–Crippen MR) is 93.6 cm³/mol. The van der Waals surface area contributed by atoms with Crippen LogP contribution in [-0.4, -0.2) is 20.4 Å². The molecule has 5 nitrogen and oxygen atoms in total. The smallest absolute Gasteiger partial charge is 0.241 e. The minimum absolute atomic E-state index is 0.104. The Hall–Kier alpha value is -2.25. The number of carbonyl (C=O) groups is 1. The molecule has 2 N–H and O–H groups in total. The van der Waals surface area contributed by atoms with E-state index in [0.717, 1.165) is 5.56 Å². The van der Waals surface area contributed by atoms with Crippen molar-refractivity contribution in [2.24, 2.45) is 5.92 Å². The van der Waals surface area contributed by atoms with E-state index in [1.807, 2.05) is 0 Å². The standard InChI is InChI=1S/C18H21FN2O3S/c1-13(2)17(21-25(23,24)16-6-4-3-5-7-16)18(22)20-12-14-8-10-15(19)11-9-14/h3-11,13,17,21H,12H2,1-2H3,(H,20,22). The Labute approximate surface area is 147 Å². The van der Waals surface area contributed by atoms with E-state index < -0.39 is 22.0 Å². The van der Waals surface area contributed by atoms with Gasteiger partial charge in [0.2, 0.25) is 15.9 Å². The fourth-order valence-corrected chi connectivity index (χ4v) is 3.59. The second-order valence-electron chi connectivity index (χ2n) is 6.00. The fraction of sp³-hybridized carbons (Fsp3) is 0.278. The summed E-state index contributed by atoms with van der Waals surface area (Å²) < 4.78 is 40.2. The number of rotatable bonds is 7. The van der Waals surface area contributed by atoms with Gasteiger partial charge in [-0.1, -0.05) is 44.2 Å². The van der Waals surface area contributed by atoms with Crippen LogP contribution in [0.1, 0.15) is 19.4 Å². The number of hydrogen-bond donors (Lipinski definition) is 2. The molecule has 1 amide bonds. The van der Waals surface area contributed by atoms with Crippen LogP contribution in [0.3, 0.4) is 0 Å². The van der Waals surface area contributed by atoms with E-state index in [-0.39, 0.29) is 23.2 Å². The first kappa shape index (κ1) is 19.1. The second-order valence-corrected chi connectivity index (χ2v) is 7.71. The van der Waals surface area contributed by atoms with Gasteiger partial charge in [-0.15, -0.1) is 0 Å². The van der Waals surface area contributed by atoms with Crippen molar-refractivity contribution in [2.75, 3.05) is 0 Å². The normalized spacial score (nSPS) is 12.8. The van der Waals surface area contributed by atoms with Crippen LogP contribution in [0, 0.1) is 11.7 Å². The number of halogens is 1. The van der Waals surface area contributed by atoms with Gasteiger partial charge in [0, 0.05) is 6.54 Å².